The summed E-state index contributed by atoms with van der Waals surface area (Å²) in [5, 5.41) is 2.43. The second-order valence-electron chi connectivity index (χ2n) is 15.5. The van der Waals surface area contributed by atoms with Gasteiger partial charge in [-0.1, -0.05) is 122 Å². The molecule has 0 aromatic heterocycles. The van der Waals surface area contributed by atoms with Gasteiger partial charge in [0.2, 0.25) is 0 Å². The van der Waals surface area contributed by atoms with Crippen molar-refractivity contribution in [2.24, 2.45) is 11.3 Å². The van der Waals surface area contributed by atoms with Gasteiger partial charge in [-0.2, -0.15) is 0 Å². The van der Waals surface area contributed by atoms with Crippen molar-refractivity contribution in [2.75, 3.05) is 13.2 Å². The molecule has 0 bridgehead atoms. The van der Waals surface area contributed by atoms with Crippen molar-refractivity contribution in [3.63, 3.8) is 0 Å². The zero-order valence-corrected chi connectivity index (χ0v) is 31.1. The maximum atomic E-state index is 12.9. The van der Waals surface area contributed by atoms with Gasteiger partial charge in [-0.3, -0.25) is 9.59 Å². The minimum atomic E-state index is -2.76. The molecule has 3 rings (SSSR count). The maximum Gasteiger partial charge on any atom is 0.303 e. The van der Waals surface area contributed by atoms with Crippen LogP contribution in [0.5, 0.6) is 0 Å². The van der Waals surface area contributed by atoms with Crippen molar-refractivity contribution in [2.45, 2.75) is 110 Å². The molecular weight excluding hydrogens is 581 g/mol. The van der Waals surface area contributed by atoms with Crippen molar-refractivity contribution in [1.29, 1.82) is 0 Å². The van der Waals surface area contributed by atoms with Crippen molar-refractivity contribution in [3.05, 3.63) is 72.3 Å². The highest BCUT2D eigenvalue weighted by Gasteiger charge is 2.55. The summed E-state index contributed by atoms with van der Waals surface area (Å²) in [6.07, 6.45) is 4.90. The van der Waals surface area contributed by atoms with Gasteiger partial charge in [-0.05, 0) is 57.9 Å². The smallest absolute Gasteiger partial charge is 0.303 e. The summed E-state index contributed by atoms with van der Waals surface area (Å²) in [6, 6.07) is 21.3. The summed E-state index contributed by atoms with van der Waals surface area (Å²) in [4.78, 5) is 25.2. The number of benzene rings is 2. The normalized spacial score (nSPS) is 23.2. The van der Waals surface area contributed by atoms with Crippen LogP contribution in [0.2, 0.25) is 23.2 Å². The number of carbonyl (C=O) groups is 2. The molecule has 1 aliphatic rings. The fourth-order valence-electron chi connectivity index (χ4n) is 6.52. The van der Waals surface area contributed by atoms with E-state index in [1.807, 2.05) is 0 Å². The van der Waals surface area contributed by atoms with E-state index in [9.17, 15) is 9.59 Å². The third-order valence-corrected chi connectivity index (χ3v) is 19.7. The lowest BCUT2D eigenvalue weighted by Gasteiger charge is -2.49. The van der Waals surface area contributed by atoms with Crippen LogP contribution in [0.4, 0.5) is 0 Å². The fraction of sp³-hybridized carbons (Fsp3) is 0.568. The van der Waals surface area contributed by atoms with Crippen LogP contribution in [0.1, 0.15) is 81.6 Å². The monoisotopic (exact) mass is 636 g/mol. The molecule has 3 atom stereocenters. The van der Waals surface area contributed by atoms with E-state index in [-0.39, 0.29) is 16.0 Å². The fourth-order valence-corrected chi connectivity index (χ4v) is 12.1. The Bertz CT molecular complexity index is 1250. The third kappa shape index (κ3) is 7.38. The zero-order valence-electron chi connectivity index (χ0n) is 29.1. The number of ether oxygens (including phenoxy) is 1. The molecule has 2 aromatic rings. The van der Waals surface area contributed by atoms with E-state index in [4.69, 9.17) is 13.6 Å². The van der Waals surface area contributed by atoms with E-state index in [1.165, 1.54) is 17.3 Å². The SMILES string of the molecule is CC(=O)O[C@@]1(C=O)C[C@H](C)C(CO[Si](c2ccccc2)(c2ccccc2)C(C)(C)C)=C[C@]1(C)CCCO[Si](C)(C)C(C)(C)C. The number of rotatable bonds is 12. The minimum absolute atomic E-state index is 0.00526. The second kappa shape index (κ2) is 13.6. The summed E-state index contributed by atoms with van der Waals surface area (Å²) < 4.78 is 19.7. The van der Waals surface area contributed by atoms with Crippen LogP contribution >= 0.6 is 0 Å². The van der Waals surface area contributed by atoms with Crippen LogP contribution in [-0.2, 0) is 23.2 Å². The average molecular weight is 637 g/mol. The molecule has 1 aliphatic carbocycles. The molecule has 0 radical (unpaired) electrons. The molecule has 5 nitrogen and oxygen atoms in total. The predicted molar refractivity (Wildman–Crippen MR) is 186 cm³/mol. The highest BCUT2D eigenvalue weighted by Crippen LogP contribution is 2.50. The van der Waals surface area contributed by atoms with Gasteiger partial charge in [0.05, 0.1) is 6.61 Å². The molecule has 242 valence electrons. The molecule has 0 unspecified atom stereocenters. The number of aldehydes is 1. The summed E-state index contributed by atoms with van der Waals surface area (Å²) in [7, 11) is -4.67. The zero-order chi connectivity index (χ0) is 33.0. The molecule has 0 saturated carbocycles. The Morgan fingerprint density at radius 1 is 0.909 bits per heavy atom. The van der Waals surface area contributed by atoms with Gasteiger partial charge in [0.25, 0.3) is 8.32 Å². The first-order chi connectivity index (χ1) is 20.3. The topological polar surface area (TPSA) is 61.8 Å². The first kappa shape index (κ1) is 36.1. The molecule has 0 saturated heterocycles. The quantitative estimate of drug-likeness (QED) is 0.0781. The van der Waals surface area contributed by atoms with Crippen LogP contribution in [0.15, 0.2) is 72.3 Å². The Morgan fingerprint density at radius 3 is 1.86 bits per heavy atom. The average Bonchev–Trinajstić information content (AvgIpc) is 2.93. The molecule has 2 aromatic carbocycles. The minimum Gasteiger partial charge on any atom is -0.451 e. The first-order valence-electron chi connectivity index (χ1n) is 16.1. The van der Waals surface area contributed by atoms with E-state index in [2.05, 4.69) is 135 Å². The molecule has 7 heteroatoms. The highest BCUT2D eigenvalue weighted by atomic mass is 28.4. The van der Waals surface area contributed by atoms with E-state index in [1.54, 1.807) is 0 Å². The molecule has 0 fully saturated rings. The molecule has 0 N–H and O–H groups in total. The number of hydrogen-bond acceptors (Lipinski definition) is 5. The molecular formula is C37H56O5Si2. The highest BCUT2D eigenvalue weighted by molar-refractivity contribution is 6.99. The Balaban J connectivity index is 2.03. The van der Waals surface area contributed by atoms with Gasteiger partial charge >= 0.3 is 5.97 Å². The summed E-state index contributed by atoms with van der Waals surface area (Å²) in [6.45, 7) is 24.7. The van der Waals surface area contributed by atoms with Gasteiger partial charge < -0.3 is 13.6 Å². The van der Waals surface area contributed by atoms with E-state index < -0.39 is 33.6 Å². The Hall–Kier alpha value is -2.33. The standard InChI is InChI=1S/C37H56O5Si2/c1-29-25-37(28-38,42-30(2)39)36(9,23-18-24-40-43(10,11)34(3,4)5)26-31(29)27-41-44(35(6,7)8,32-19-14-12-15-20-32)33-21-16-13-17-22-33/h12-17,19-22,26,28-29H,18,23-25,27H2,1-11H3/t29-,36-,37+/m0/s1. The van der Waals surface area contributed by atoms with Crippen LogP contribution in [-0.4, -0.2) is 47.7 Å². The number of carbonyl (C=O) groups excluding carboxylic acids is 2. The van der Waals surface area contributed by atoms with Crippen LogP contribution in [0.3, 0.4) is 0 Å². The Kier molecular flexibility index (Phi) is 11.2. The van der Waals surface area contributed by atoms with Gasteiger partial charge in [0.1, 0.15) is 0 Å². The van der Waals surface area contributed by atoms with Gasteiger partial charge in [-0.15, -0.1) is 0 Å². The largest absolute Gasteiger partial charge is 0.451 e. The van der Waals surface area contributed by atoms with E-state index in [0.29, 0.717) is 26.1 Å². The lowest BCUT2D eigenvalue weighted by atomic mass is 9.61. The van der Waals surface area contributed by atoms with Crippen LogP contribution in [0, 0.1) is 11.3 Å². The third-order valence-electron chi connectivity index (χ3n) is 10.2. The number of hydrogen-bond donors (Lipinski definition) is 0. The first-order valence-corrected chi connectivity index (χ1v) is 20.9. The Morgan fingerprint density at radius 2 is 1.43 bits per heavy atom. The van der Waals surface area contributed by atoms with Crippen molar-refractivity contribution < 1.29 is 23.2 Å². The molecule has 0 aliphatic heterocycles. The summed E-state index contributed by atoms with van der Waals surface area (Å²) in [5.41, 5.74) is -0.792. The lowest BCUT2D eigenvalue weighted by molar-refractivity contribution is -0.176. The Labute approximate surface area is 269 Å². The van der Waals surface area contributed by atoms with E-state index in [0.717, 1.165) is 18.3 Å². The van der Waals surface area contributed by atoms with Crippen molar-refractivity contribution >= 4 is 39.3 Å². The molecule has 0 spiro atoms. The maximum absolute atomic E-state index is 12.9. The second-order valence-corrected chi connectivity index (χ2v) is 24.6. The molecule has 0 amide bonds. The number of esters is 1. The van der Waals surface area contributed by atoms with Gasteiger partial charge in [0, 0.05) is 25.4 Å². The predicted octanol–water partition coefficient (Wildman–Crippen LogP) is 7.84. The van der Waals surface area contributed by atoms with Crippen molar-refractivity contribution in [3.8, 4) is 0 Å². The lowest BCUT2D eigenvalue weighted by Crippen LogP contribution is -2.66. The summed E-state index contributed by atoms with van der Waals surface area (Å²) >= 11 is 0. The van der Waals surface area contributed by atoms with Crippen LogP contribution in [0.25, 0.3) is 0 Å². The van der Waals surface area contributed by atoms with Crippen molar-refractivity contribution in [1.82, 2.24) is 0 Å². The van der Waals surface area contributed by atoms with Gasteiger partial charge in [0.15, 0.2) is 20.2 Å². The summed E-state index contributed by atoms with van der Waals surface area (Å²) in [5.74, 6) is -0.442. The van der Waals surface area contributed by atoms with Gasteiger partial charge in [-0.25, -0.2) is 0 Å². The van der Waals surface area contributed by atoms with Crippen LogP contribution < -0.4 is 10.4 Å². The molecule has 44 heavy (non-hydrogen) atoms. The molecule has 0 heterocycles. The van der Waals surface area contributed by atoms with E-state index >= 15 is 0 Å².